The van der Waals surface area contributed by atoms with Gasteiger partial charge in [0, 0.05) is 12.1 Å². The van der Waals surface area contributed by atoms with E-state index in [-0.39, 0.29) is 5.91 Å². The minimum absolute atomic E-state index is 0.230. The van der Waals surface area contributed by atoms with Crippen molar-refractivity contribution in [1.29, 1.82) is 0 Å². The second kappa shape index (κ2) is 11.4. The molecule has 2 aliphatic heterocycles. The van der Waals surface area contributed by atoms with Crippen molar-refractivity contribution in [3.63, 3.8) is 0 Å². The number of ether oxygens (including phenoxy) is 2. The maximum Gasteiger partial charge on any atom is 0.251 e. The quantitative estimate of drug-likeness (QED) is 0.557. The van der Waals surface area contributed by atoms with Crippen LogP contribution in [0.2, 0.25) is 0 Å². The summed E-state index contributed by atoms with van der Waals surface area (Å²) in [6, 6.07) is 17.0. The molecule has 0 bridgehead atoms. The molecule has 1 amide bonds. The molecule has 2 heterocycles. The first-order valence-electron chi connectivity index (χ1n) is 12.6. The Morgan fingerprint density at radius 2 is 1.75 bits per heavy atom. The standard InChI is InChI=1S/C30H32N2O4/c33-29(28-21-35-20-27(36-28)24-11-5-2-6-12-24)26(19-32-17-7-8-18-32)31-30(34)25-15-13-23(14-16-25)22-9-3-1-4-10-22/h1-5,9-11,13-16,20-21,26,29,33H,6-8,12,17-19H2,(H,31,34)/t26-,29-/m1/s1. The molecule has 6 heteroatoms. The predicted octanol–water partition coefficient (Wildman–Crippen LogP) is 4.91. The molecule has 1 aliphatic carbocycles. The van der Waals surface area contributed by atoms with Crippen LogP contribution in [0.15, 0.2) is 102 Å². The van der Waals surface area contributed by atoms with Crippen molar-refractivity contribution in [3.8, 4) is 11.1 Å². The van der Waals surface area contributed by atoms with Gasteiger partial charge in [0.1, 0.15) is 18.6 Å². The molecule has 2 aromatic carbocycles. The van der Waals surface area contributed by atoms with Crippen molar-refractivity contribution in [2.75, 3.05) is 19.6 Å². The number of nitrogens with one attached hydrogen (secondary N) is 1. The van der Waals surface area contributed by atoms with Gasteiger partial charge in [0.25, 0.3) is 5.91 Å². The molecule has 2 N–H and O–H groups in total. The molecule has 0 unspecified atom stereocenters. The highest BCUT2D eigenvalue weighted by Gasteiger charge is 2.31. The summed E-state index contributed by atoms with van der Waals surface area (Å²) in [5.41, 5.74) is 3.71. The lowest BCUT2D eigenvalue weighted by Gasteiger charge is -2.30. The summed E-state index contributed by atoms with van der Waals surface area (Å²) >= 11 is 0. The summed E-state index contributed by atoms with van der Waals surface area (Å²) < 4.78 is 11.6. The van der Waals surface area contributed by atoms with Crippen LogP contribution in [0.25, 0.3) is 11.1 Å². The molecule has 0 aromatic heterocycles. The number of aliphatic hydroxyl groups is 1. The molecule has 1 saturated heterocycles. The van der Waals surface area contributed by atoms with E-state index in [0.29, 0.717) is 23.6 Å². The average molecular weight is 485 g/mol. The SMILES string of the molecule is O=C(N[C@H](CN1CCCC1)[C@@H](O)C1=COC=C(C2=CC=CCC2)O1)c1ccc(-c2ccccc2)cc1. The lowest BCUT2D eigenvalue weighted by atomic mass is 10.0. The van der Waals surface area contributed by atoms with Crippen molar-refractivity contribution < 1.29 is 19.4 Å². The molecule has 2 atom stereocenters. The lowest BCUT2D eigenvalue weighted by molar-refractivity contribution is 0.0630. The molecule has 2 aromatic rings. The minimum atomic E-state index is -1.05. The second-order valence-electron chi connectivity index (χ2n) is 9.38. The van der Waals surface area contributed by atoms with Crippen LogP contribution in [0, 0.1) is 0 Å². The van der Waals surface area contributed by atoms with Crippen LogP contribution < -0.4 is 5.32 Å². The Balaban J connectivity index is 1.29. The highest BCUT2D eigenvalue weighted by Crippen LogP contribution is 2.28. The molecular formula is C30H32N2O4. The van der Waals surface area contributed by atoms with Crippen LogP contribution in [0.5, 0.6) is 0 Å². The summed E-state index contributed by atoms with van der Waals surface area (Å²) in [5, 5.41) is 14.4. The molecule has 0 radical (unpaired) electrons. The molecule has 36 heavy (non-hydrogen) atoms. The van der Waals surface area contributed by atoms with E-state index in [4.69, 9.17) is 9.47 Å². The highest BCUT2D eigenvalue weighted by molar-refractivity contribution is 5.95. The van der Waals surface area contributed by atoms with Gasteiger partial charge in [-0.3, -0.25) is 4.79 Å². The number of rotatable bonds is 8. The number of aliphatic hydroxyl groups excluding tert-OH is 1. The fourth-order valence-corrected chi connectivity index (χ4v) is 4.78. The van der Waals surface area contributed by atoms with Gasteiger partial charge in [-0.25, -0.2) is 0 Å². The number of carbonyl (C=O) groups excluding carboxylic acids is 1. The van der Waals surface area contributed by atoms with Crippen LogP contribution in [0.4, 0.5) is 0 Å². The van der Waals surface area contributed by atoms with Gasteiger partial charge >= 0.3 is 0 Å². The van der Waals surface area contributed by atoms with Gasteiger partial charge in [-0.15, -0.1) is 0 Å². The first-order chi connectivity index (χ1) is 17.7. The zero-order valence-corrected chi connectivity index (χ0v) is 20.3. The Morgan fingerprint density at radius 3 is 2.47 bits per heavy atom. The number of carbonyl (C=O) groups is 1. The van der Waals surface area contributed by atoms with Gasteiger partial charge in [0.2, 0.25) is 0 Å². The van der Waals surface area contributed by atoms with E-state index in [1.54, 1.807) is 6.26 Å². The van der Waals surface area contributed by atoms with Crippen LogP contribution in [-0.2, 0) is 9.47 Å². The molecule has 0 spiro atoms. The predicted molar refractivity (Wildman–Crippen MR) is 140 cm³/mol. The van der Waals surface area contributed by atoms with Crippen LogP contribution >= 0.6 is 0 Å². The number of amides is 1. The Bertz CT molecular complexity index is 1180. The fourth-order valence-electron chi connectivity index (χ4n) is 4.78. The van der Waals surface area contributed by atoms with E-state index < -0.39 is 12.1 Å². The topological polar surface area (TPSA) is 71.0 Å². The molecule has 5 rings (SSSR count). The lowest BCUT2D eigenvalue weighted by Crippen LogP contribution is -2.51. The third kappa shape index (κ3) is 5.78. The van der Waals surface area contributed by atoms with Crippen LogP contribution in [0.1, 0.15) is 36.0 Å². The molecule has 0 saturated carbocycles. The summed E-state index contributed by atoms with van der Waals surface area (Å²) in [4.78, 5) is 15.5. The summed E-state index contributed by atoms with van der Waals surface area (Å²) in [7, 11) is 0. The average Bonchev–Trinajstić information content (AvgIpc) is 3.46. The number of benzene rings is 2. The molecular weight excluding hydrogens is 452 g/mol. The first-order valence-corrected chi connectivity index (χ1v) is 12.6. The van der Waals surface area contributed by atoms with Gasteiger partial charge in [-0.2, -0.15) is 0 Å². The maximum atomic E-state index is 13.2. The third-order valence-electron chi connectivity index (χ3n) is 6.81. The highest BCUT2D eigenvalue weighted by atomic mass is 16.6. The number of allylic oxidation sites excluding steroid dienone is 4. The van der Waals surface area contributed by atoms with E-state index in [9.17, 15) is 9.90 Å². The smallest absolute Gasteiger partial charge is 0.251 e. The maximum absolute atomic E-state index is 13.2. The molecule has 1 fully saturated rings. The Kier molecular flexibility index (Phi) is 7.64. The summed E-state index contributed by atoms with van der Waals surface area (Å²) in [6.45, 7) is 2.43. The zero-order valence-electron chi connectivity index (χ0n) is 20.3. The van der Waals surface area contributed by atoms with Gasteiger partial charge in [-0.1, -0.05) is 60.7 Å². The van der Waals surface area contributed by atoms with Crippen molar-refractivity contribution >= 4 is 5.91 Å². The van der Waals surface area contributed by atoms with E-state index in [0.717, 1.165) is 55.5 Å². The second-order valence-corrected chi connectivity index (χ2v) is 9.38. The van der Waals surface area contributed by atoms with E-state index in [2.05, 4.69) is 16.3 Å². The van der Waals surface area contributed by atoms with Crippen molar-refractivity contribution in [3.05, 3.63) is 108 Å². The summed E-state index contributed by atoms with van der Waals surface area (Å²) in [5.74, 6) is 0.664. The van der Waals surface area contributed by atoms with Crippen molar-refractivity contribution in [2.45, 2.75) is 37.8 Å². The molecule has 6 nitrogen and oxygen atoms in total. The largest absolute Gasteiger partial charge is 0.465 e. The van der Waals surface area contributed by atoms with Crippen LogP contribution in [-0.4, -0.2) is 47.7 Å². The van der Waals surface area contributed by atoms with Gasteiger partial charge < -0.3 is 24.8 Å². The monoisotopic (exact) mass is 484 g/mol. The Morgan fingerprint density at radius 1 is 1.00 bits per heavy atom. The van der Waals surface area contributed by atoms with E-state index in [1.165, 1.54) is 6.26 Å². The third-order valence-corrected chi connectivity index (χ3v) is 6.81. The minimum Gasteiger partial charge on any atom is -0.465 e. The van der Waals surface area contributed by atoms with E-state index in [1.807, 2.05) is 66.7 Å². The number of hydrogen-bond acceptors (Lipinski definition) is 5. The van der Waals surface area contributed by atoms with Gasteiger partial charge in [-0.05, 0) is 67.6 Å². The molecule has 186 valence electrons. The first kappa shape index (κ1) is 24.1. The number of likely N-dealkylation sites (tertiary alicyclic amines) is 1. The van der Waals surface area contributed by atoms with Gasteiger partial charge in [0.05, 0.1) is 6.04 Å². The normalized spacial score (nSPS) is 19.3. The van der Waals surface area contributed by atoms with Crippen LogP contribution in [0.3, 0.4) is 0 Å². The zero-order chi connectivity index (χ0) is 24.7. The Hall–Kier alpha value is -3.61. The molecule has 3 aliphatic rings. The number of hydrogen-bond donors (Lipinski definition) is 2. The fraction of sp³-hybridized carbons (Fsp3) is 0.300. The summed E-state index contributed by atoms with van der Waals surface area (Å²) in [6.07, 6.45) is 12.0. The number of nitrogens with zero attached hydrogens (tertiary/aromatic N) is 1. The Labute approximate surface area is 212 Å². The van der Waals surface area contributed by atoms with Crippen molar-refractivity contribution in [1.82, 2.24) is 10.2 Å². The van der Waals surface area contributed by atoms with Crippen molar-refractivity contribution in [2.24, 2.45) is 0 Å². The van der Waals surface area contributed by atoms with Gasteiger partial charge in [0.15, 0.2) is 11.5 Å². The van der Waals surface area contributed by atoms with E-state index >= 15 is 0 Å².